The van der Waals surface area contributed by atoms with Gasteiger partial charge in [-0.2, -0.15) is 0 Å². The summed E-state index contributed by atoms with van der Waals surface area (Å²) in [5.74, 6) is -1.09. The molecule has 0 saturated heterocycles. The zero-order valence-corrected chi connectivity index (χ0v) is 36.5. The van der Waals surface area contributed by atoms with Gasteiger partial charge in [-0.3, -0.25) is 24.0 Å². The molecule has 2 aromatic carbocycles. The molecule has 3 rings (SSSR count). The Bertz CT molecular complexity index is 1540. The predicted octanol–water partition coefficient (Wildman–Crippen LogP) is 8.35. The Kier molecular flexibility index (Phi) is 18.5. The summed E-state index contributed by atoms with van der Waals surface area (Å²) in [6, 6.07) is 15.4. The summed E-state index contributed by atoms with van der Waals surface area (Å²) in [4.78, 5) is 58.0. The van der Waals surface area contributed by atoms with Crippen molar-refractivity contribution in [3.63, 3.8) is 0 Å². The lowest BCUT2D eigenvalue weighted by molar-refractivity contribution is -0.140. The number of benzene rings is 2. The molecule has 4 amide bonds. The number of rotatable bonds is 12. The van der Waals surface area contributed by atoms with Gasteiger partial charge in [0.25, 0.3) is 5.91 Å². The normalized spacial score (nSPS) is 14.8. The van der Waals surface area contributed by atoms with Gasteiger partial charge in [0.1, 0.15) is 17.7 Å². The average Bonchev–Trinajstić information content (AvgIpc) is 3.86. The van der Waals surface area contributed by atoms with E-state index in [1.165, 1.54) is 28.2 Å². The van der Waals surface area contributed by atoms with Crippen molar-refractivity contribution in [2.45, 2.75) is 143 Å². The predicted molar refractivity (Wildman–Crippen MR) is 223 cm³/mol. The Morgan fingerprint density at radius 1 is 0.907 bits per heavy atom. The molecule has 1 saturated carbocycles. The zero-order valence-electron chi connectivity index (χ0n) is 35.7. The minimum Gasteiger partial charge on any atom is -0.444 e. The molecule has 302 valence electrons. The van der Waals surface area contributed by atoms with E-state index in [1.54, 1.807) is 47.9 Å². The first-order chi connectivity index (χ1) is 25.0. The van der Waals surface area contributed by atoms with Crippen LogP contribution in [0.5, 0.6) is 0 Å². The number of nitrogens with one attached hydrogen (secondary N) is 2. The van der Waals surface area contributed by atoms with Crippen molar-refractivity contribution >= 4 is 35.8 Å². The fourth-order valence-corrected chi connectivity index (χ4v) is 6.11. The molecular formula is C43H69N5O5S. The van der Waals surface area contributed by atoms with Gasteiger partial charge in [-0.25, -0.2) is 4.79 Å². The van der Waals surface area contributed by atoms with Crippen molar-refractivity contribution < 1.29 is 23.9 Å². The highest BCUT2D eigenvalue weighted by molar-refractivity contribution is 7.98. The number of carbonyl (C=O) groups excluding carboxylic acids is 4. The largest absolute Gasteiger partial charge is 0.444 e. The van der Waals surface area contributed by atoms with Crippen LogP contribution >= 0.6 is 11.9 Å². The minimum absolute atomic E-state index is 0.148. The highest BCUT2D eigenvalue weighted by Gasteiger charge is 2.45. The molecule has 4 N–H and O–H groups in total. The summed E-state index contributed by atoms with van der Waals surface area (Å²) < 4.78 is 8.49. The second-order valence-electron chi connectivity index (χ2n) is 16.4. The first-order valence-electron chi connectivity index (χ1n) is 19.1. The summed E-state index contributed by atoms with van der Waals surface area (Å²) in [5.41, 5.74) is 6.14. The number of nitrogens with zero attached hydrogens (tertiary/aromatic N) is 2. The standard InChI is InChI=1S/C38H55N5O5S.C3H8.C2H6/c1-25(31(44)41-49-28-19-17-27(18-20-28)38(39)22-23-38)21-24-42(10)33(46)29(35(2,3)4)40-32(45)30(43(11)34(47)48-36(5,6)7)37(8,9)26-15-13-12-14-16-26;1-3-2;1-2/h12-21,29-30H,22-24,39H2,1-11H3,(H,40,45)(H,41,44);3H2,1-2H3;1-2H3/b25-21+;;. The molecule has 2 aromatic rings. The van der Waals surface area contributed by atoms with Gasteiger partial charge in [0.2, 0.25) is 11.8 Å². The molecule has 0 aliphatic heterocycles. The third-order valence-corrected chi connectivity index (χ3v) is 9.60. The Morgan fingerprint density at radius 3 is 1.89 bits per heavy atom. The average molecular weight is 768 g/mol. The summed E-state index contributed by atoms with van der Waals surface area (Å²) in [7, 11) is 3.17. The molecule has 2 atom stereocenters. The number of ether oxygens (including phenoxy) is 1. The Morgan fingerprint density at radius 2 is 1.43 bits per heavy atom. The second-order valence-corrected chi connectivity index (χ2v) is 17.3. The molecule has 0 aromatic heterocycles. The highest BCUT2D eigenvalue weighted by Crippen LogP contribution is 2.42. The van der Waals surface area contributed by atoms with E-state index < -0.39 is 40.5 Å². The van der Waals surface area contributed by atoms with E-state index >= 15 is 0 Å². The first kappa shape index (κ1) is 48.2. The van der Waals surface area contributed by atoms with Crippen LogP contribution in [0.2, 0.25) is 0 Å². The maximum absolute atomic E-state index is 14.3. The number of hydrogen-bond acceptors (Lipinski definition) is 7. The molecular weight excluding hydrogens is 699 g/mol. The van der Waals surface area contributed by atoms with Crippen molar-refractivity contribution in [3.8, 4) is 0 Å². The summed E-state index contributed by atoms with van der Waals surface area (Å²) in [6.07, 6.45) is 4.25. The summed E-state index contributed by atoms with van der Waals surface area (Å²) >= 11 is 1.22. The van der Waals surface area contributed by atoms with E-state index in [-0.39, 0.29) is 23.9 Å². The van der Waals surface area contributed by atoms with Crippen LogP contribution in [-0.4, -0.2) is 71.9 Å². The van der Waals surface area contributed by atoms with Gasteiger partial charge in [-0.15, -0.1) is 0 Å². The fraction of sp³-hybridized carbons (Fsp3) is 0.581. The molecule has 0 radical (unpaired) electrons. The van der Waals surface area contributed by atoms with Gasteiger partial charge in [0.15, 0.2) is 0 Å². The fourth-order valence-electron chi connectivity index (χ4n) is 5.46. The molecule has 1 aliphatic rings. The highest BCUT2D eigenvalue weighted by atomic mass is 32.2. The minimum atomic E-state index is -1.02. The van der Waals surface area contributed by atoms with Crippen molar-refractivity contribution in [1.29, 1.82) is 0 Å². The maximum Gasteiger partial charge on any atom is 0.410 e. The first-order valence-corrected chi connectivity index (χ1v) is 19.9. The smallest absolute Gasteiger partial charge is 0.410 e. The van der Waals surface area contributed by atoms with Crippen LogP contribution in [0.15, 0.2) is 71.1 Å². The van der Waals surface area contributed by atoms with Crippen molar-refractivity contribution in [3.05, 3.63) is 77.4 Å². The van der Waals surface area contributed by atoms with Gasteiger partial charge in [0.05, 0.1) is 0 Å². The summed E-state index contributed by atoms with van der Waals surface area (Å²) in [5, 5.41) is 2.99. The van der Waals surface area contributed by atoms with Crippen molar-refractivity contribution in [1.82, 2.24) is 19.8 Å². The van der Waals surface area contributed by atoms with E-state index in [1.807, 2.05) is 103 Å². The third kappa shape index (κ3) is 14.4. The van der Waals surface area contributed by atoms with Crippen LogP contribution < -0.4 is 15.8 Å². The van der Waals surface area contributed by atoms with E-state index in [4.69, 9.17) is 10.5 Å². The number of likely N-dealkylation sites (N-methyl/N-ethyl adjacent to an activating group) is 2. The van der Waals surface area contributed by atoms with Crippen molar-refractivity contribution in [2.24, 2.45) is 11.1 Å². The van der Waals surface area contributed by atoms with Crippen LogP contribution in [0.1, 0.15) is 120 Å². The number of carbonyl (C=O) groups is 4. The van der Waals surface area contributed by atoms with Crippen LogP contribution in [0.3, 0.4) is 0 Å². The Balaban J connectivity index is 0.00000277. The third-order valence-electron chi connectivity index (χ3n) is 8.80. The van der Waals surface area contributed by atoms with Crippen LogP contribution in [-0.2, 0) is 30.1 Å². The number of nitrogens with two attached hydrogens (primary N) is 1. The molecule has 10 nitrogen and oxygen atoms in total. The number of hydrogen-bond donors (Lipinski definition) is 3. The Labute approximate surface area is 330 Å². The van der Waals surface area contributed by atoms with Gasteiger partial charge < -0.3 is 20.7 Å². The molecule has 11 heteroatoms. The van der Waals surface area contributed by atoms with Gasteiger partial charge in [-0.05, 0) is 81.2 Å². The lowest BCUT2D eigenvalue weighted by Gasteiger charge is -2.42. The molecule has 1 fully saturated rings. The van der Waals surface area contributed by atoms with E-state index in [2.05, 4.69) is 23.9 Å². The maximum atomic E-state index is 14.3. The van der Waals surface area contributed by atoms with Gasteiger partial charge in [-0.1, -0.05) is 117 Å². The molecule has 0 bridgehead atoms. The van der Waals surface area contributed by atoms with Gasteiger partial charge >= 0.3 is 6.09 Å². The SMILES string of the molecule is C/C(=C\CN(C)C(=O)C(NC(=O)C(N(C)C(=O)OC(C)(C)C)C(C)(C)c1ccccc1)C(C)(C)C)C(=O)NSc1ccc(C2(N)CC2)cc1.CC.CCC. The zero-order chi connectivity index (χ0) is 41.7. The van der Waals surface area contributed by atoms with Crippen LogP contribution in [0.25, 0.3) is 0 Å². The lowest BCUT2D eigenvalue weighted by atomic mass is 9.76. The summed E-state index contributed by atoms with van der Waals surface area (Å²) in [6.45, 7) is 24.8. The quantitative estimate of drug-likeness (QED) is 0.146. The lowest BCUT2D eigenvalue weighted by Crippen LogP contribution is -2.62. The molecule has 2 unspecified atom stereocenters. The molecule has 54 heavy (non-hydrogen) atoms. The molecule has 1 aliphatic carbocycles. The Hall–Kier alpha value is -3.83. The van der Waals surface area contributed by atoms with E-state index in [0.29, 0.717) is 5.57 Å². The van der Waals surface area contributed by atoms with Crippen LogP contribution in [0.4, 0.5) is 4.79 Å². The number of amides is 4. The van der Waals surface area contributed by atoms with E-state index in [0.717, 1.165) is 28.9 Å². The molecule has 0 spiro atoms. The molecule has 0 heterocycles. The van der Waals surface area contributed by atoms with Crippen LogP contribution in [0, 0.1) is 5.41 Å². The van der Waals surface area contributed by atoms with Crippen molar-refractivity contribution in [2.75, 3.05) is 20.6 Å². The van der Waals surface area contributed by atoms with E-state index in [9.17, 15) is 19.2 Å². The van der Waals surface area contributed by atoms with Gasteiger partial charge in [0, 0.05) is 42.1 Å². The monoisotopic (exact) mass is 768 g/mol. The second kappa shape index (κ2) is 20.7. The topological polar surface area (TPSA) is 134 Å².